The maximum atomic E-state index is 5.59. The van der Waals surface area contributed by atoms with Crippen molar-refractivity contribution in [3.8, 4) is 0 Å². The van der Waals surface area contributed by atoms with Gasteiger partial charge in [0.2, 0.25) is 0 Å². The molecule has 1 aromatic heterocycles. The number of piperidine rings is 1. The molecule has 88 valence electrons. The second-order valence-electron chi connectivity index (χ2n) is 4.48. The Balaban J connectivity index is 2.04. The molecule has 3 nitrogen and oxygen atoms in total. The Hall–Kier alpha value is -0.930. The summed E-state index contributed by atoms with van der Waals surface area (Å²) in [6.07, 6.45) is 8.86. The topological polar surface area (TPSA) is 42.1 Å². The quantitative estimate of drug-likeness (QED) is 0.841. The van der Waals surface area contributed by atoms with Crippen molar-refractivity contribution < 1.29 is 0 Å². The zero-order valence-electron chi connectivity index (χ0n) is 9.81. The van der Waals surface area contributed by atoms with Crippen LogP contribution in [0.4, 0.5) is 0 Å². The van der Waals surface area contributed by atoms with Crippen molar-refractivity contribution in [2.45, 2.75) is 31.7 Å². The fourth-order valence-corrected chi connectivity index (χ4v) is 2.50. The summed E-state index contributed by atoms with van der Waals surface area (Å²) in [5.41, 5.74) is 6.95. The van der Waals surface area contributed by atoms with E-state index in [9.17, 15) is 0 Å². The lowest BCUT2D eigenvalue weighted by Gasteiger charge is -2.35. The maximum absolute atomic E-state index is 5.59. The van der Waals surface area contributed by atoms with Gasteiger partial charge in [-0.2, -0.15) is 0 Å². The van der Waals surface area contributed by atoms with Crippen LogP contribution in [-0.4, -0.2) is 29.5 Å². The van der Waals surface area contributed by atoms with Crippen LogP contribution in [-0.2, 0) is 0 Å². The van der Waals surface area contributed by atoms with Crippen LogP contribution >= 0.6 is 0 Å². The van der Waals surface area contributed by atoms with E-state index in [0.29, 0.717) is 6.04 Å². The SMILES string of the molecule is NCCCN1CCCC[C@H]1c1cccnc1. The first-order chi connectivity index (χ1) is 7.92. The van der Waals surface area contributed by atoms with Gasteiger partial charge in [-0.3, -0.25) is 9.88 Å². The molecule has 0 aromatic carbocycles. The van der Waals surface area contributed by atoms with Gasteiger partial charge in [-0.05, 0) is 50.5 Å². The second-order valence-corrected chi connectivity index (χ2v) is 4.48. The minimum absolute atomic E-state index is 0.564. The van der Waals surface area contributed by atoms with Crippen LogP contribution in [0, 0.1) is 0 Å². The van der Waals surface area contributed by atoms with Crippen molar-refractivity contribution in [1.82, 2.24) is 9.88 Å². The highest BCUT2D eigenvalue weighted by Crippen LogP contribution is 2.30. The summed E-state index contributed by atoms with van der Waals surface area (Å²) in [6.45, 7) is 3.12. The zero-order chi connectivity index (χ0) is 11.2. The van der Waals surface area contributed by atoms with Crippen LogP contribution in [0.3, 0.4) is 0 Å². The number of hydrogen-bond acceptors (Lipinski definition) is 3. The van der Waals surface area contributed by atoms with Crippen molar-refractivity contribution in [2.24, 2.45) is 5.73 Å². The molecule has 2 heterocycles. The number of nitrogens with zero attached hydrogens (tertiary/aromatic N) is 2. The first kappa shape index (κ1) is 11.6. The Bertz CT molecular complexity index is 299. The molecule has 16 heavy (non-hydrogen) atoms. The molecule has 3 heteroatoms. The Morgan fingerprint density at radius 3 is 3.12 bits per heavy atom. The van der Waals surface area contributed by atoms with Gasteiger partial charge in [-0.1, -0.05) is 12.5 Å². The summed E-state index contributed by atoms with van der Waals surface area (Å²) in [5, 5.41) is 0. The van der Waals surface area contributed by atoms with Crippen LogP contribution in [0.25, 0.3) is 0 Å². The third-order valence-corrected chi connectivity index (χ3v) is 3.33. The molecule has 0 unspecified atom stereocenters. The van der Waals surface area contributed by atoms with Crippen molar-refractivity contribution in [3.05, 3.63) is 30.1 Å². The van der Waals surface area contributed by atoms with E-state index in [2.05, 4.69) is 16.0 Å². The molecule has 0 amide bonds. The van der Waals surface area contributed by atoms with Crippen molar-refractivity contribution >= 4 is 0 Å². The molecular formula is C13H21N3. The van der Waals surface area contributed by atoms with E-state index in [0.717, 1.165) is 19.5 Å². The Kier molecular flexibility index (Phi) is 4.31. The second kappa shape index (κ2) is 5.97. The number of aromatic nitrogens is 1. The van der Waals surface area contributed by atoms with E-state index in [1.165, 1.54) is 31.4 Å². The first-order valence-electron chi connectivity index (χ1n) is 6.26. The van der Waals surface area contributed by atoms with E-state index < -0.39 is 0 Å². The largest absolute Gasteiger partial charge is 0.330 e. The van der Waals surface area contributed by atoms with E-state index in [1.807, 2.05) is 18.5 Å². The van der Waals surface area contributed by atoms with Gasteiger partial charge < -0.3 is 5.73 Å². The van der Waals surface area contributed by atoms with Gasteiger partial charge in [0.05, 0.1) is 0 Å². The highest BCUT2D eigenvalue weighted by Gasteiger charge is 2.23. The van der Waals surface area contributed by atoms with Crippen LogP contribution in [0.2, 0.25) is 0 Å². The Morgan fingerprint density at radius 2 is 2.38 bits per heavy atom. The lowest BCUT2D eigenvalue weighted by Crippen LogP contribution is -2.35. The number of hydrogen-bond donors (Lipinski definition) is 1. The summed E-state index contributed by atoms with van der Waals surface area (Å²) in [6, 6.07) is 4.79. The van der Waals surface area contributed by atoms with Gasteiger partial charge in [-0.15, -0.1) is 0 Å². The van der Waals surface area contributed by atoms with E-state index in [1.54, 1.807) is 0 Å². The van der Waals surface area contributed by atoms with Gasteiger partial charge in [0.1, 0.15) is 0 Å². The van der Waals surface area contributed by atoms with Crippen LogP contribution < -0.4 is 5.73 Å². The van der Waals surface area contributed by atoms with Gasteiger partial charge in [0.15, 0.2) is 0 Å². The van der Waals surface area contributed by atoms with Crippen molar-refractivity contribution in [3.63, 3.8) is 0 Å². The molecule has 2 rings (SSSR count). The van der Waals surface area contributed by atoms with E-state index in [-0.39, 0.29) is 0 Å². The maximum Gasteiger partial charge on any atom is 0.0363 e. The summed E-state index contributed by atoms with van der Waals surface area (Å²) < 4.78 is 0. The summed E-state index contributed by atoms with van der Waals surface area (Å²) >= 11 is 0. The van der Waals surface area contributed by atoms with Crippen molar-refractivity contribution in [2.75, 3.05) is 19.6 Å². The lowest BCUT2D eigenvalue weighted by atomic mass is 9.96. The number of nitrogens with two attached hydrogens (primary N) is 1. The fourth-order valence-electron chi connectivity index (χ4n) is 2.50. The normalized spacial score (nSPS) is 22.2. The Labute approximate surface area is 97.7 Å². The zero-order valence-corrected chi connectivity index (χ0v) is 9.81. The minimum atomic E-state index is 0.564. The fraction of sp³-hybridized carbons (Fsp3) is 0.615. The van der Waals surface area contributed by atoms with E-state index >= 15 is 0 Å². The molecule has 0 saturated carbocycles. The average molecular weight is 219 g/mol. The van der Waals surface area contributed by atoms with E-state index in [4.69, 9.17) is 5.73 Å². The van der Waals surface area contributed by atoms with Crippen LogP contribution in [0.15, 0.2) is 24.5 Å². The third-order valence-electron chi connectivity index (χ3n) is 3.33. The third kappa shape index (κ3) is 2.80. The molecule has 2 N–H and O–H groups in total. The molecule has 0 aliphatic carbocycles. The summed E-state index contributed by atoms with van der Waals surface area (Å²) in [5.74, 6) is 0. The first-order valence-corrected chi connectivity index (χ1v) is 6.26. The summed E-state index contributed by atoms with van der Waals surface area (Å²) in [7, 11) is 0. The van der Waals surface area contributed by atoms with Gasteiger partial charge >= 0.3 is 0 Å². The molecule has 1 fully saturated rings. The Morgan fingerprint density at radius 1 is 1.44 bits per heavy atom. The minimum Gasteiger partial charge on any atom is -0.330 e. The molecular weight excluding hydrogens is 198 g/mol. The molecule has 1 saturated heterocycles. The average Bonchev–Trinajstić information content (AvgIpc) is 2.38. The monoisotopic (exact) mass is 219 g/mol. The number of pyridine rings is 1. The van der Waals surface area contributed by atoms with Crippen molar-refractivity contribution in [1.29, 1.82) is 0 Å². The molecule has 1 aliphatic heterocycles. The predicted octanol–water partition coefficient (Wildman–Crippen LogP) is 1.96. The number of rotatable bonds is 4. The highest BCUT2D eigenvalue weighted by molar-refractivity contribution is 5.14. The predicted molar refractivity (Wildman–Crippen MR) is 66.1 cm³/mol. The molecule has 1 atom stereocenters. The smallest absolute Gasteiger partial charge is 0.0363 e. The van der Waals surface area contributed by atoms with Crippen LogP contribution in [0.5, 0.6) is 0 Å². The molecule has 0 radical (unpaired) electrons. The molecule has 0 spiro atoms. The van der Waals surface area contributed by atoms with Crippen LogP contribution in [0.1, 0.15) is 37.3 Å². The van der Waals surface area contributed by atoms with Gasteiger partial charge in [0.25, 0.3) is 0 Å². The van der Waals surface area contributed by atoms with Gasteiger partial charge in [0, 0.05) is 18.4 Å². The lowest BCUT2D eigenvalue weighted by molar-refractivity contribution is 0.147. The molecule has 0 bridgehead atoms. The highest BCUT2D eigenvalue weighted by atomic mass is 15.2. The standard InChI is InChI=1S/C13H21N3/c14-7-4-10-16-9-2-1-6-13(16)12-5-3-8-15-11-12/h3,5,8,11,13H,1-2,4,6-7,9-10,14H2/t13-/m0/s1. The van der Waals surface area contributed by atoms with Gasteiger partial charge in [-0.25, -0.2) is 0 Å². The number of likely N-dealkylation sites (tertiary alicyclic amines) is 1. The molecule has 1 aliphatic rings. The molecule has 1 aromatic rings. The summed E-state index contributed by atoms with van der Waals surface area (Å²) in [4.78, 5) is 6.79.